The van der Waals surface area contributed by atoms with Crippen LogP contribution in [-0.2, 0) is 54.7 Å². The van der Waals surface area contributed by atoms with E-state index in [1.54, 1.807) is 37.4 Å². The molecule has 15 nitrogen and oxygen atoms in total. The summed E-state index contributed by atoms with van der Waals surface area (Å²) in [7, 11) is 9.20. The van der Waals surface area contributed by atoms with Gasteiger partial charge in [0.25, 0.3) is 0 Å². The first-order chi connectivity index (χ1) is 34.1. The summed E-state index contributed by atoms with van der Waals surface area (Å²) in [5.74, 6) is 9.78. The molecule has 5 rings (SSSR count). The largest absolute Gasteiger partial charge is 0.508 e. The number of carbonyl (C=O) groups is 5. The van der Waals surface area contributed by atoms with Crippen molar-refractivity contribution in [3.8, 4) is 40.0 Å². The summed E-state index contributed by atoms with van der Waals surface area (Å²) in [4.78, 5) is 73.5. The van der Waals surface area contributed by atoms with Gasteiger partial charge in [0.15, 0.2) is 12.1 Å². The number of phenolic OH excluding ortho intramolecular Hbond substituents is 1. The lowest BCUT2D eigenvalue weighted by Gasteiger charge is -2.33. The number of likely N-dealkylation sites (N-methyl/N-ethyl adjacent to an activating group) is 1. The van der Waals surface area contributed by atoms with Crippen molar-refractivity contribution in [1.29, 1.82) is 0 Å². The fourth-order valence-electron chi connectivity index (χ4n) is 9.54. The van der Waals surface area contributed by atoms with E-state index in [4.69, 9.17) is 15.6 Å². The van der Waals surface area contributed by atoms with Crippen molar-refractivity contribution in [1.82, 2.24) is 35.0 Å². The van der Waals surface area contributed by atoms with E-state index in [-0.39, 0.29) is 59.0 Å². The van der Waals surface area contributed by atoms with E-state index in [1.165, 1.54) is 0 Å². The van der Waals surface area contributed by atoms with Crippen LogP contribution in [0.4, 0.5) is 0 Å². The van der Waals surface area contributed by atoms with E-state index in [9.17, 15) is 29.1 Å². The maximum atomic E-state index is 14.2. The number of rotatable bonds is 24. The standard InChI is InChI=1S/C49H69N7O6.C8H13NO/c1-9-56-43-17-16-34(28-39(43)40(29-49(4,5)19-13-23-57)46(56)38-14-12-20-51-42(38)31-62-8)36-24-33(25-37(58)27-36)26-41(44(59)15-10-11-21-52-50)53-47(60)45(32(2)3)55(7)48(61)35-18-22-54(6)30-35;1-8(2,9(3)4)6-5-7-10/h12,14,16-17,20,23-25,27-28,32,35,41,45,52,58H,9-11,13,15,18-19,21-22,26,29-31,50H2,1-8H3,(H,53,60);7H,1-4H3. The topological polar surface area (TPSA) is 192 Å². The Hall–Kier alpha value is -5.76. The molecular weight excluding hydrogens is 909 g/mol. The lowest BCUT2D eigenvalue weighted by Crippen LogP contribution is -2.55. The average molecular weight is 991 g/mol. The monoisotopic (exact) mass is 991 g/mol. The van der Waals surface area contributed by atoms with Crippen LogP contribution in [0.5, 0.6) is 5.75 Å². The minimum atomic E-state index is -0.894. The molecule has 0 saturated carbocycles. The summed E-state index contributed by atoms with van der Waals surface area (Å²) >= 11 is 0. The number of ketones is 1. The van der Waals surface area contributed by atoms with Crippen LogP contribution >= 0.6 is 0 Å². The summed E-state index contributed by atoms with van der Waals surface area (Å²) < 4.78 is 7.90. The molecule has 3 unspecified atom stereocenters. The first-order valence-corrected chi connectivity index (χ1v) is 25.3. The molecule has 3 atom stereocenters. The fraction of sp³-hybridized carbons (Fsp3) is 0.544. The molecule has 0 aliphatic carbocycles. The number of aldehydes is 2. The molecule has 1 aliphatic rings. The molecular formula is C57H82N8O7. The molecule has 72 heavy (non-hydrogen) atoms. The van der Waals surface area contributed by atoms with Crippen LogP contribution in [0.3, 0.4) is 0 Å². The van der Waals surface area contributed by atoms with Gasteiger partial charge in [0.2, 0.25) is 11.8 Å². The molecule has 3 heterocycles. The second-order valence-corrected chi connectivity index (χ2v) is 21.0. The number of fused-ring (bicyclic) bond motifs is 1. The number of unbranched alkanes of at least 4 members (excludes halogenated alkanes) is 1. The van der Waals surface area contributed by atoms with Crippen LogP contribution in [-0.4, -0.2) is 132 Å². The zero-order valence-corrected chi connectivity index (χ0v) is 45.1. The molecule has 2 aromatic carbocycles. The number of carbonyl (C=O) groups excluding carboxylic acids is 5. The molecule has 0 radical (unpaired) electrons. The number of hydrogen-bond donors (Lipinski definition) is 4. The number of aromatic nitrogens is 2. The van der Waals surface area contributed by atoms with Gasteiger partial charge in [-0.1, -0.05) is 45.7 Å². The predicted octanol–water partition coefficient (Wildman–Crippen LogP) is 6.98. The highest BCUT2D eigenvalue weighted by Crippen LogP contribution is 2.42. The zero-order valence-electron chi connectivity index (χ0n) is 45.1. The van der Waals surface area contributed by atoms with Crippen molar-refractivity contribution < 1.29 is 33.8 Å². The number of benzene rings is 2. The van der Waals surface area contributed by atoms with Gasteiger partial charge < -0.3 is 34.3 Å². The number of phenols is 1. The smallest absolute Gasteiger partial charge is 0.243 e. The summed E-state index contributed by atoms with van der Waals surface area (Å²) in [5, 5.41) is 15.4. The van der Waals surface area contributed by atoms with Gasteiger partial charge >= 0.3 is 0 Å². The predicted molar refractivity (Wildman–Crippen MR) is 287 cm³/mol. The second kappa shape index (κ2) is 27.3. The molecule has 1 aliphatic heterocycles. The third-order valence-electron chi connectivity index (χ3n) is 13.9. The van der Waals surface area contributed by atoms with E-state index in [0.717, 1.165) is 70.2 Å². The van der Waals surface area contributed by atoms with E-state index in [1.807, 2.05) is 65.9 Å². The number of ether oxygens (including phenoxy) is 1. The van der Waals surface area contributed by atoms with Crippen LogP contribution in [0.2, 0.25) is 0 Å². The van der Waals surface area contributed by atoms with Gasteiger partial charge in [-0.2, -0.15) is 0 Å². The van der Waals surface area contributed by atoms with Crippen LogP contribution in [0.25, 0.3) is 33.3 Å². The maximum Gasteiger partial charge on any atom is 0.243 e. The Kier molecular flexibility index (Phi) is 22.3. The number of aryl methyl sites for hydroxylation is 1. The number of Topliss-reactive ketones (excluding diaryl/α,β-unsaturated/α-hetero) is 1. The van der Waals surface area contributed by atoms with Crippen LogP contribution in [0, 0.1) is 29.1 Å². The van der Waals surface area contributed by atoms with Crippen molar-refractivity contribution in [2.75, 3.05) is 54.9 Å². The van der Waals surface area contributed by atoms with Crippen molar-refractivity contribution >= 4 is 41.1 Å². The Morgan fingerprint density at radius 3 is 2.39 bits per heavy atom. The van der Waals surface area contributed by atoms with Crippen molar-refractivity contribution in [2.45, 2.75) is 131 Å². The van der Waals surface area contributed by atoms with E-state index >= 15 is 0 Å². The van der Waals surface area contributed by atoms with Gasteiger partial charge in [0, 0.05) is 69.3 Å². The molecule has 2 amide bonds. The number of hydrogen-bond acceptors (Lipinski definition) is 12. The molecule has 4 aromatic rings. The lowest BCUT2D eigenvalue weighted by atomic mass is 9.80. The van der Waals surface area contributed by atoms with E-state index < -0.39 is 12.1 Å². The Bertz CT molecular complexity index is 2540. The zero-order chi connectivity index (χ0) is 53.3. The number of nitrogens with zero attached hydrogens (tertiary/aromatic N) is 5. The normalized spacial score (nSPS) is 14.8. The fourth-order valence-corrected chi connectivity index (χ4v) is 9.54. The summed E-state index contributed by atoms with van der Waals surface area (Å²) in [6, 6.07) is 14.0. The molecule has 1 fully saturated rings. The van der Waals surface area contributed by atoms with E-state index in [2.05, 4.69) is 77.1 Å². The Morgan fingerprint density at radius 1 is 1.04 bits per heavy atom. The molecule has 0 spiro atoms. The van der Waals surface area contributed by atoms with Crippen LogP contribution in [0.1, 0.15) is 104 Å². The van der Waals surface area contributed by atoms with Crippen molar-refractivity contribution in [3.05, 3.63) is 71.5 Å². The lowest BCUT2D eigenvalue weighted by molar-refractivity contribution is -0.144. The van der Waals surface area contributed by atoms with Gasteiger partial charge in [-0.15, -0.1) is 0 Å². The quantitative estimate of drug-likeness (QED) is 0.0185. The van der Waals surface area contributed by atoms with Crippen LogP contribution < -0.4 is 16.6 Å². The van der Waals surface area contributed by atoms with Gasteiger partial charge in [-0.05, 0) is 163 Å². The molecule has 5 N–H and O–H groups in total. The van der Waals surface area contributed by atoms with Crippen molar-refractivity contribution in [2.24, 2.45) is 23.1 Å². The number of likely N-dealkylation sites (tertiary alicyclic amines) is 1. The molecule has 2 aromatic heterocycles. The van der Waals surface area contributed by atoms with Gasteiger partial charge in [0.05, 0.1) is 35.5 Å². The summed E-state index contributed by atoms with van der Waals surface area (Å²) in [6.45, 7) is 17.4. The second-order valence-electron chi connectivity index (χ2n) is 21.0. The minimum Gasteiger partial charge on any atom is -0.508 e. The molecule has 15 heteroatoms. The van der Waals surface area contributed by atoms with Gasteiger partial charge in [-0.3, -0.25) is 40.3 Å². The summed E-state index contributed by atoms with van der Waals surface area (Å²) in [5.41, 5.74) is 9.65. The van der Waals surface area contributed by atoms with Crippen LogP contribution in [0.15, 0.2) is 54.7 Å². The number of pyridine rings is 1. The first kappa shape index (κ1) is 58.8. The highest BCUT2D eigenvalue weighted by atomic mass is 16.5. The number of nitrogens with two attached hydrogens (primary N) is 1. The Labute approximate surface area is 428 Å². The highest BCUT2D eigenvalue weighted by Gasteiger charge is 2.37. The minimum absolute atomic E-state index is 0.0395. The Balaban J connectivity index is 0.00000101. The SMILES string of the molecule is CCn1c(-c2cccnc2COC)c(CC(C)(C)CCC=O)c2cc(-c3cc(O)cc(CC(NC(=O)C(C(C)C)N(C)C(=O)C4CCN(C)C4)C(=O)CCCCNN)c3)ccc21.CN(C)C(C)(C)C#CC=O. The highest BCUT2D eigenvalue weighted by molar-refractivity contribution is 5.96. The molecule has 0 bridgehead atoms. The summed E-state index contributed by atoms with van der Waals surface area (Å²) in [6.07, 6.45) is 7.67. The number of nitrogens with one attached hydrogen (secondary N) is 2. The number of methoxy groups -OCH3 is 1. The maximum absolute atomic E-state index is 14.2. The number of aromatic hydroxyl groups is 1. The first-order valence-electron chi connectivity index (χ1n) is 25.3. The number of amides is 2. The average Bonchev–Trinajstić information content (AvgIpc) is 3.90. The van der Waals surface area contributed by atoms with Crippen molar-refractivity contribution in [3.63, 3.8) is 0 Å². The Morgan fingerprint density at radius 2 is 1.78 bits per heavy atom. The van der Waals surface area contributed by atoms with Gasteiger partial charge in [-0.25, -0.2) is 0 Å². The van der Waals surface area contributed by atoms with E-state index in [0.29, 0.717) is 63.8 Å². The van der Waals surface area contributed by atoms with Gasteiger partial charge in [0.1, 0.15) is 18.1 Å². The third-order valence-corrected chi connectivity index (χ3v) is 13.9. The molecule has 1 saturated heterocycles. The molecule has 392 valence electrons. The number of hydrazine groups is 1. The third kappa shape index (κ3) is 15.9.